The van der Waals surface area contributed by atoms with Crippen LogP contribution in [0.4, 0.5) is 0 Å². The summed E-state index contributed by atoms with van der Waals surface area (Å²) in [5.41, 5.74) is 6.11. The van der Waals surface area contributed by atoms with Crippen molar-refractivity contribution in [1.82, 2.24) is 0 Å². The van der Waals surface area contributed by atoms with Gasteiger partial charge in [0.1, 0.15) is 11.9 Å². The summed E-state index contributed by atoms with van der Waals surface area (Å²) in [4.78, 5) is 0. The maximum absolute atomic E-state index is 9.50. The van der Waals surface area contributed by atoms with E-state index in [0.29, 0.717) is 28.9 Å². The molecule has 21 heavy (non-hydrogen) atoms. The fraction of sp³-hybridized carbons (Fsp3) is 0.600. The van der Waals surface area contributed by atoms with E-state index < -0.39 is 6.10 Å². The molecular weight excluding hydrogens is 274 g/mol. The maximum atomic E-state index is 9.50. The summed E-state index contributed by atoms with van der Waals surface area (Å²) in [6.45, 7) is -0.131. The largest absolute Gasteiger partial charge is 0.493 e. The van der Waals surface area contributed by atoms with Crippen molar-refractivity contribution in [3.05, 3.63) is 12.1 Å². The number of hydrogen-bond acceptors (Lipinski definition) is 6. The van der Waals surface area contributed by atoms with E-state index in [1.165, 1.54) is 0 Å². The van der Waals surface area contributed by atoms with Gasteiger partial charge in [-0.15, -0.1) is 0 Å². The summed E-state index contributed by atoms with van der Waals surface area (Å²) in [5, 5.41) is 9.50. The van der Waals surface area contributed by atoms with E-state index >= 15 is 0 Å². The van der Waals surface area contributed by atoms with E-state index in [4.69, 9.17) is 24.7 Å². The van der Waals surface area contributed by atoms with Gasteiger partial charge in [0.15, 0.2) is 11.5 Å². The van der Waals surface area contributed by atoms with Gasteiger partial charge >= 0.3 is 0 Å². The van der Waals surface area contributed by atoms with Gasteiger partial charge in [-0.05, 0) is 18.8 Å². The highest BCUT2D eigenvalue weighted by Gasteiger charge is 2.35. The molecule has 0 amide bonds. The standard InChI is InChI=1S/C15H23NO5/c1-18-11-6-10(7-12(19-2)15(11)20-3)21-13(8-17)14(16)9-4-5-9/h6-7,9,13-14,17H,4-5,8,16H2,1-3H3. The Hall–Kier alpha value is -1.66. The number of hydrogen-bond donors (Lipinski definition) is 2. The van der Waals surface area contributed by atoms with Crippen molar-refractivity contribution in [3.63, 3.8) is 0 Å². The summed E-state index contributed by atoms with van der Waals surface area (Å²) < 4.78 is 21.6. The number of nitrogens with two attached hydrogens (primary N) is 1. The molecule has 0 aliphatic heterocycles. The Kier molecular flexibility index (Phi) is 5.14. The van der Waals surface area contributed by atoms with Gasteiger partial charge in [-0.2, -0.15) is 0 Å². The molecule has 2 unspecified atom stereocenters. The number of methoxy groups -OCH3 is 3. The van der Waals surface area contributed by atoms with Gasteiger partial charge in [0.05, 0.1) is 27.9 Å². The van der Waals surface area contributed by atoms with Crippen LogP contribution < -0.4 is 24.7 Å². The number of benzene rings is 1. The van der Waals surface area contributed by atoms with Crippen LogP contribution in [-0.4, -0.2) is 45.2 Å². The van der Waals surface area contributed by atoms with Crippen LogP contribution in [0, 0.1) is 5.92 Å². The molecule has 3 N–H and O–H groups in total. The van der Waals surface area contributed by atoms with Crippen LogP contribution in [0.3, 0.4) is 0 Å². The molecule has 1 aromatic rings. The number of rotatable bonds is 8. The molecule has 6 nitrogen and oxygen atoms in total. The van der Waals surface area contributed by atoms with Crippen molar-refractivity contribution in [2.45, 2.75) is 25.0 Å². The Morgan fingerprint density at radius 1 is 1.14 bits per heavy atom. The molecule has 1 aromatic carbocycles. The number of ether oxygens (including phenoxy) is 4. The second-order valence-electron chi connectivity index (χ2n) is 5.11. The monoisotopic (exact) mass is 297 g/mol. The predicted octanol–water partition coefficient (Wildman–Crippen LogP) is 1.19. The van der Waals surface area contributed by atoms with Crippen molar-refractivity contribution in [1.29, 1.82) is 0 Å². The van der Waals surface area contributed by atoms with Gasteiger partial charge in [-0.25, -0.2) is 0 Å². The highest BCUT2D eigenvalue weighted by molar-refractivity contribution is 5.55. The van der Waals surface area contributed by atoms with Crippen LogP contribution in [0.1, 0.15) is 12.8 Å². The van der Waals surface area contributed by atoms with E-state index in [1.807, 2.05) is 0 Å². The highest BCUT2D eigenvalue weighted by Crippen LogP contribution is 2.41. The third-order valence-corrected chi connectivity index (χ3v) is 3.70. The van der Waals surface area contributed by atoms with Gasteiger partial charge in [0.2, 0.25) is 5.75 Å². The first-order valence-electron chi connectivity index (χ1n) is 6.97. The first-order chi connectivity index (χ1) is 10.1. The minimum absolute atomic E-state index is 0.131. The van der Waals surface area contributed by atoms with Crippen LogP contribution in [0.2, 0.25) is 0 Å². The Labute approximate surface area is 124 Å². The molecule has 0 spiro atoms. The van der Waals surface area contributed by atoms with Crippen LogP contribution in [0.5, 0.6) is 23.0 Å². The van der Waals surface area contributed by atoms with Gasteiger partial charge < -0.3 is 29.8 Å². The zero-order valence-electron chi connectivity index (χ0n) is 12.7. The molecule has 1 saturated carbocycles. The zero-order chi connectivity index (χ0) is 15.4. The molecule has 6 heteroatoms. The highest BCUT2D eigenvalue weighted by atomic mass is 16.5. The third kappa shape index (κ3) is 3.51. The molecule has 0 saturated heterocycles. The minimum Gasteiger partial charge on any atom is -0.493 e. The van der Waals surface area contributed by atoms with Crippen LogP contribution in [0.15, 0.2) is 12.1 Å². The van der Waals surface area contributed by atoms with Crippen LogP contribution in [-0.2, 0) is 0 Å². The lowest BCUT2D eigenvalue weighted by molar-refractivity contribution is 0.0876. The summed E-state index contributed by atoms with van der Waals surface area (Å²) in [7, 11) is 4.63. The molecular formula is C15H23NO5. The molecule has 2 rings (SSSR count). The molecule has 0 aromatic heterocycles. The van der Waals surface area contributed by atoms with Crippen LogP contribution in [0.25, 0.3) is 0 Å². The number of aliphatic hydroxyl groups excluding tert-OH is 1. The van der Waals surface area contributed by atoms with Gasteiger partial charge in [-0.3, -0.25) is 0 Å². The number of aliphatic hydroxyl groups is 1. The molecule has 2 atom stereocenters. The van der Waals surface area contributed by atoms with Crippen molar-refractivity contribution < 1.29 is 24.1 Å². The van der Waals surface area contributed by atoms with E-state index in [1.54, 1.807) is 33.5 Å². The van der Waals surface area contributed by atoms with Gasteiger partial charge in [0, 0.05) is 18.2 Å². The molecule has 0 heterocycles. The minimum atomic E-state index is -0.444. The molecule has 1 aliphatic carbocycles. The fourth-order valence-corrected chi connectivity index (χ4v) is 2.32. The van der Waals surface area contributed by atoms with E-state index in [9.17, 15) is 5.11 Å². The second kappa shape index (κ2) is 6.87. The zero-order valence-corrected chi connectivity index (χ0v) is 12.7. The normalized spacial score (nSPS) is 17.0. The molecule has 1 aliphatic rings. The predicted molar refractivity (Wildman–Crippen MR) is 78.3 cm³/mol. The molecule has 118 valence electrons. The molecule has 0 bridgehead atoms. The Morgan fingerprint density at radius 3 is 2.10 bits per heavy atom. The third-order valence-electron chi connectivity index (χ3n) is 3.70. The lowest BCUT2D eigenvalue weighted by Gasteiger charge is -2.24. The van der Waals surface area contributed by atoms with Crippen molar-refractivity contribution >= 4 is 0 Å². The Balaban J connectivity index is 2.21. The summed E-state index contributed by atoms with van der Waals surface area (Å²) in [5.74, 6) is 2.47. The average Bonchev–Trinajstić information content (AvgIpc) is 3.35. The quantitative estimate of drug-likeness (QED) is 0.750. The summed E-state index contributed by atoms with van der Waals surface area (Å²) >= 11 is 0. The lowest BCUT2D eigenvalue weighted by atomic mass is 10.1. The van der Waals surface area contributed by atoms with E-state index in [2.05, 4.69) is 0 Å². The van der Waals surface area contributed by atoms with Crippen molar-refractivity contribution in [2.75, 3.05) is 27.9 Å². The molecule has 1 fully saturated rings. The first-order valence-corrected chi connectivity index (χ1v) is 6.97. The summed E-state index contributed by atoms with van der Waals surface area (Å²) in [6.07, 6.45) is 1.74. The SMILES string of the molecule is COc1cc(OC(CO)C(N)C2CC2)cc(OC)c1OC. The average molecular weight is 297 g/mol. The van der Waals surface area contributed by atoms with E-state index in [0.717, 1.165) is 12.8 Å². The van der Waals surface area contributed by atoms with Crippen LogP contribution >= 0.6 is 0 Å². The Bertz CT molecular complexity index is 450. The van der Waals surface area contributed by atoms with E-state index in [-0.39, 0.29) is 12.6 Å². The first kappa shape index (κ1) is 15.7. The lowest BCUT2D eigenvalue weighted by Crippen LogP contribution is -2.43. The second-order valence-corrected chi connectivity index (χ2v) is 5.11. The fourth-order valence-electron chi connectivity index (χ4n) is 2.32. The van der Waals surface area contributed by atoms with Crippen molar-refractivity contribution in [2.24, 2.45) is 11.7 Å². The summed E-state index contributed by atoms with van der Waals surface area (Å²) in [6, 6.07) is 3.22. The van der Waals surface area contributed by atoms with Gasteiger partial charge in [0.25, 0.3) is 0 Å². The topological polar surface area (TPSA) is 83.2 Å². The Morgan fingerprint density at radius 2 is 1.71 bits per heavy atom. The van der Waals surface area contributed by atoms with Crippen molar-refractivity contribution in [3.8, 4) is 23.0 Å². The van der Waals surface area contributed by atoms with Gasteiger partial charge in [-0.1, -0.05) is 0 Å². The maximum Gasteiger partial charge on any atom is 0.203 e. The molecule has 0 radical (unpaired) electrons. The smallest absolute Gasteiger partial charge is 0.203 e.